The summed E-state index contributed by atoms with van der Waals surface area (Å²) in [6, 6.07) is 16.1. The van der Waals surface area contributed by atoms with Crippen molar-refractivity contribution in [1.29, 1.82) is 0 Å². The third kappa shape index (κ3) is 2.77. The number of likely N-dealkylation sites (tertiary alicyclic amines) is 1. The molecule has 0 spiro atoms. The zero-order valence-corrected chi connectivity index (χ0v) is 12.9. The lowest BCUT2D eigenvalue weighted by Gasteiger charge is -2.25. The van der Waals surface area contributed by atoms with Crippen LogP contribution >= 0.6 is 0 Å². The van der Waals surface area contributed by atoms with Crippen molar-refractivity contribution in [1.82, 2.24) is 4.90 Å². The minimum atomic E-state index is 0.0849. The number of hydrogen-bond acceptors (Lipinski definition) is 3. The second kappa shape index (κ2) is 5.95. The SMILES string of the molecule is O=C(c1ccc2c(c1)OCO2)N1CCC[C@@H]1Cc1ccccc1. The number of benzene rings is 2. The first-order valence-electron chi connectivity index (χ1n) is 8.06. The first kappa shape index (κ1) is 14.1. The van der Waals surface area contributed by atoms with E-state index in [1.807, 2.05) is 35.2 Å². The standard InChI is InChI=1S/C19H19NO3/c21-19(15-8-9-17-18(12-15)23-13-22-17)20-10-4-7-16(20)11-14-5-2-1-3-6-14/h1-3,5-6,8-9,12,16H,4,7,10-11,13H2/t16-/m1/s1. The van der Waals surface area contributed by atoms with Crippen molar-refractivity contribution in [2.24, 2.45) is 0 Å². The van der Waals surface area contributed by atoms with Gasteiger partial charge in [0.05, 0.1) is 0 Å². The molecule has 0 bridgehead atoms. The molecular weight excluding hydrogens is 290 g/mol. The van der Waals surface area contributed by atoms with Crippen LogP contribution in [0.1, 0.15) is 28.8 Å². The molecule has 0 aromatic heterocycles. The van der Waals surface area contributed by atoms with Gasteiger partial charge >= 0.3 is 0 Å². The van der Waals surface area contributed by atoms with E-state index in [2.05, 4.69) is 12.1 Å². The molecule has 1 amide bonds. The molecule has 0 aliphatic carbocycles. The van der Waals surface area contributed by atoms with Gasteiger partial charge in [0.2, 0.25) is 6.79 Å². The molecule has 0 unspecified atom stereocenters. The van der Waals surface area contributed by atoms with E-state index < -0.39 is 0 Å². The van der Waals surface area contributed by atoms with Crippen LogP contribution in [0.2, 0.25) is 0 Å². The van der Waals surface area contributed by atoms with E-state index in [-0.39, 0.29) is 18.7 Å². The summed E-state index contributed by atoms with van der Waals surface area (Å²) in [6.45, 7) is 1.05. The minimum Gasteiger partial charge on any atom is -0.454 e. The molecule has 118 valence electrons. The van der Waals surface area contributed by atoms with Gasteiger partial charge in [-0.15, -0.1) is 0 Å². The highest BCUT2D eigenvalue weighted by molar-refractivity contribution is 5.95. The number of nitrogens with zero attached hydrogens (tertiary/aromatic N) is 1. The van der Waals surface area contributed by atoms with Crippen molar-refractivity contribution < 1.29 is 14.3 Å². The summed E-state index contributed by atoms with van der Waals surface area (Å²) in [5.41, 5.74) is 1.96. The maximum atomic E-state index is 12.9. The van der Waals surface area contributed by atoms with Crippen LogP contribution in [-0.2, 0) is 6.42 Å². The first-order chi connectivity index (χ1) is 11.3. The van der Waals surface area contributed by atoms with E-state index in [0.29, 0.717) is 17.1 Å². The average Bonchev–Trinajstić information content (AvgIpc) is 3.23. The summed E-state index contributed by atoms with van der Waals surface area (Å²) in [7, 11) is 0. The molecule has 1 atom stereocenters. The summed E-state index contributed by atoms with van der Waals surface area (Å²) in [4.78, 5) is 14.9. The van der Waals surface area contributed by atoms with E-state index in [1.54, 1.807) is 6.07 Å². The van der Waals surface area contributed by atoms with Gasteiger partial charge < -0.3 is 14.4 Å². The predicted molar refractivity (Wildman–Crippen MR) is 86.8 cm³/mol. The summed E-state index contributed by atoms with van der Waals surface area (Å²) < 4.78 is 10.7. The summed E-state index contributed by atoms with van der Waals surface area (Å²) in [6.07, 6.45) is 3.04. The third-order valence-electron chi connectivity index (χ3n) is 4.57. The normalized spacial score (nSPS) is 19.1. The fourth-order valence-corrected chi connectivity index (χ4v) is 3.40. The fraction of sp³-hybridized carbons (Fsp3) is 0.316. The molecule has 2 heterocycles. The number of rotatable bonds is 3. The fourth-order valence-electron chi connectivity index (χ4n) is 3.40. The zero-order valence-electron chi connectivity index (χ0n) is 12.9. The Morgan fingerprint density at radius 1 is 1.09 bits per heavy atom. The largest absolute Gasteiger partial charge is 0.454 e. The molecular formula is C19H19NO3. The van der Waals surface area contributed by atoms with E-state index in [1.165, 1.54) is 5.56 Å². The highest BCUT2D eigenvalue weighted by Crippen LogP contribution is 2.33. The topological polar surface area (TPSA) is 38.8 Å². The number of carbonyl (C=O) groups is 1. The summed E-state index contributed by atoms with van der Waals surface area (Å²) in [5.74, 6) is 1.46. The lowest BCUT2D eigenvalue weighted by Crippen LogP contribution is -2.36. The highest BCUT2D eigenvalue weighted by Gasteiger charge is 2.30. The second-order valence-corrected chi connectivity index (χ2v) is 6.05. The molecule has 4 heteroatoms. The molecule has 0 saturated carbocycles. The Morgan fingerprint density at radius 2 is 1.91 bits per heavy atom. The average molecular weight is 309 g/mol. The summed E-state index contributed by atoms with van der Waals surface area (Å²) in [5, 5.41) is 0. The quantitative estimate of drug-likeness (QED) is 0.873. The monoisotopic (exact) mass is 309 g/mol. The van der Waals surface area contributed by atoms with Gasteiger partial charge in [0.25, 0.3) is 5.91 Å². The number of hydrogen-bond donors (Lipinski definition) is 0. The molecule has 2 aromatic carbocycles. The van der Waals surface area contributed by atoms with Crippen molar-refractivity contribution in [2.75, 3.05) is 13.3 Å². The van der Waals surface area contributed by atoms with Gasteiger partial charge in [-0.25, -0.2) is 0 Å². The van der Waals surface area contributed by atoms with Crippen molar-refractivity contribution in [2.45, 2.75) is 25.3 Å². The van der Waals surface area contributed by atoms with E-state index in [4.69, 9.17) is 9.47 Å². The number of amides is 1. The lowest BCUT2D eigenvalue weighted by molar-refractivity contribution is 0.0736. The van der Waals surface area contributed by atoms with Gasteiger partial charge in [0.15, 0.2) is 11.5 Å². The van der Waals surface area contributed by atoms with Gasteiger partial charge in [0.1, 0.15) is 0 Å². The van der Waals surface area contributed by atoms with Crippen LogP contribution in [0.3, 0.4) is 0 Å². The smallest absolute Gasteiger partial charge is 0.254 e. The van der Waals surface area contributed by atoms with Gasteiger partial charge in [0, 0.05) is 18.2 Å². The van der Waals surface area contributed by atoms with Gasteiger partial charge in [-0.1, -0.05) is 30.3 Å². The Bertz CT molecular complexity index is 714. The molecule has 2 aliphatic rings. The van der Waals surface area contributed by atoms with Crippen molar-refractivity contribution in [3.8, 4) is 11.5 Å². The van der Waals surface area contributed by atoms with Crippen LogP contribution in [-0.4, -0.2) is 30.2 Å². The number of ether oxygens (including phenoxy) is 2. The lowest BCUT2D eigenvalue weighted by atomic mass is 10.0. The molecule has 1 fully saturated rings. The van der Waals surface area contributed by atoms with Gasteiger partial charge in [-0.05, 0) is 43.0 Å². The maximum absolute atomic E-state index is 12.9. The van der Waals surface area contributed by atoms with E-state index in [9.17, 15) is 4.79 Å². The van der Waals surface area contributed by atoms with E-state index in [0.717, 1.165) is 25.8 Å². The molecule has 2 aromatic rings. The molecule has 0 N–H and O–H groups in total. The highest BCUT2D eigenvalue weighted by atomic mass is 16.7. The van der Waals surface area contributed by atoms with Crippen molar-refractivity contribution in [3.63, 3.8) is 0 Å². The number of carbonyl (C=O) groups excluding carboxylic acids is 1. The van der Waals surface area contributed by atoms with Crippen LogP contribution in [0, 0.1) is 0 Å². The predicted octanol–water partition coefficient (Wildman–Crippen LogP) is 3.26. The van der Waals surface area contributed by atoms with Crippen LogP contribution in [0.25, 0.3) is 0 Å². The molecule has 1 saturated heterocycles. The molecule has 0 radical (unpaired) electrons. The molecule has 4 rings (SSSR count). The third-order valence-corrected chi connectivity index (χ3v) is 4.57. The molecule has 4 nitrogen and oxygen atoms in total. The van der Waals surface area contributed by atoms with Crippen LogP contribution in [0.5, 0.6) is 11.5 Å². The first-order valence-corrected chi connectivity index (χ1v) is 8.06. The van der Waals surface area contributed by atoms with Crippen molar-refractivity contribution >= 4 is 5.91 Å². The Kier molecular flexibility index (Phi) is 3.66. The number of fused-ring (bicyclic) bond motifs is 1. The Balaban J connectivity index is 1.53. The molecule has 2 aliphatic heterocycles. The van der Waals surface area contributed by atoms with Crippen LogP contribution in [0.15, 0.2) is 48.5 Å². The Hall–Kier alpha value is -2.49. The van der Waals surface area contributed by atoms with Crippen molar-refractivity contribution in [3.05, 3.63) is 59.7 Å². The Labute approximate surface area is 135 Å². The van der Waals surface area contributed by atoms with Gasteiger partial charge in [-0.2, -0.15) is 0 Å². The van der Waals surface area contributed by atoms with E-state index >= 15 is 0 Å². The van der Waals surface area contributed by atoms with Gasteiger partial charge in [-0.3, -0.25) is 4.79 Å². The molecule has 23 heavy (non-hydrogen) atoms. The minimum absolute atomic E-state index is 0.0849. The zero-order chi connectivity index (χ0) is 15.6. The maximum Gasteiger partial charge on any atom is 0.254 e. The second-order valence-electron chi connectivity index (χ2n) is 6.05. The Morgan fingerprint density at radius 3 is 2.78 bits per heavy atom. The van der Waals surface area contributed by atoms with Crippen LogP contribution in [0.4, 0.5) is 0 Å². The summed E-state index contributed by atoms with van der Waals surface area (Å²) >= 11 is 0. The van der Waals surface area contributed by atoms with Crippen LogP contribution < -0.4 is 9.47 Å².